The molecule has 3 nitrogen and oxygen atoms in total. The van der Waals surface area contributed by atoms with Crippen LogP contribution in [0.5, 0.6) is 0 Å². The summed E-state index contributed by atoms with van der Waals surface area (Å²) in [6, 6.07) is 0. The SMILES string of the molecule is CC=CCCCC.CCCCCCCCCCS(=O)(=O)O. The van der Waals surface area contributed by atoms with Gasteiger partial charge in [0.15, 0.2) is 0 Å². The van der Waals surface area contributed by atoms with E-state index in [1.165, 1.54) is 51.4 Å². The topological polar surface area (TPSA) is 54.4 Å². The summed E-state index contributed by atoms with van der Waals surface area (Å²) in [7, 11) is -3.73. The molecule has 0 rings (SSSR count). The average molecular weight is 321 g/mol. The molecule has 0 aliphatic carbocycles. The second kappa shape index (κ2) is 17.7. The lowest BCUT2D eigenvalue weighted by atomic mass is 10.1. The van der Waals surface area contributed by atoms with E-state index in [0.29, 0.717) is 6.42 Å². The number of hydrogen-bond donors (Lipinski definition) is 1. The molecule has 0 atom stereocenters. The van der Waals surface area contributed by atoms with Crippen LogP contribution in [0.25, 0.3) is 0 Å². The molecule has 1 N–H and O–H groups in total. The summed E-state index contributed by atoms with van der Waals surface area (Å²) in [6.45, 7) is 6.46. The van der Waals surface area contributed by atoms with Gasteiger partial charge >= 0.3 is 0 Å². The van der Waals surface area contributed by atoms with Crippen molar-refractivity contribution in [3.63, 3.8) is 0 Å². The zero-order valence-electron chi connectivity index (χ0n) is 14.3. The van der Waals surface area contributed by atoms with Crippen LogP contribution in [0.15, 0.2) is 12.2 Å². The number of hydrogen-bond acceptors (Lipinski definition) is 2. The van der Waals surface area contributed by atoms with Gasteiger partial charge in [-0.15, -0.1) is 0 Å². The van der Waals surface area contributed by atoms with Gasteiger partial charge in [-0.3, -0.25) is 4.55 Å². The van der Waals surface area contributed by atoms with Crippen molar-refractivity contribution < 1.29 is 13.0 Å². The third-order valence-electron chi connectivity index (χ3n) is 3.22. The molecule has 0 aliphatic heterocycles. The summed E-state index contributed by atoms with van der Waals surface area (Å²) in [5.41, 5.74) is 0. The highest BCUT2D eigenvalue weighted by atomic mass is 32.2. The first-order valence-corrected chi connectivity index (χ1v) is 10.1. The molecule has 0 aromatic rings. The maximum absolute atomic E-state index is 10.4. The largest absolute Gasteiger partial charge is 0.286 e. The maximum atomic E-state index is 10.4. The quantitative estimate of drug-likeness (QED) is 0.282. The molecule has 0 heterocycles. The van der Waals surface area contributed by atoms with E-state index in [2.05, 4.69) is 32.9 Å². The average Bonchev–Trinajstić information content (AvgIpc) is 2.42. The fraction of sp³-hybridized carbons (Fsp3) is 0.882. The molecule has 4 heteroatoms. The Labute approximate surface area is 133 Å². The molecule has 0 saturated carbocycles. The first-order valence-electron chi connectivity index (χ1n) is 8.54. The van der Waals surface area contributed by atoms with Crippen molar-refractivity contribution in [2.45, 2.75) is 91.4 Å². The molecular weight excluding hydrogens is 284 g/mol. The van der Waals surface area contributed by atoms with Crippen molar-refractivity contribution in [1.29, 1.82) is 0 Å². The summed E-state index contributed by atoms with van der Waals surface area (Å²) >= 11 is 0. The number of unbranched alkanes of at least 4 members (excludes halogenated alkanes) is 9. The van der Waals surface area contributed by atoms with E-state index in [0.717, 1.165) is 12.8 Å². The van der Waals surface area contributed by atoms with Gasteiger partial charge in [-0.1, -0.05) is 83.8 Å². The highest BCUT2D eigenvalue weighted by Gasteiger charge is 2.02. The lowest BCUT2D eigenvalue weighted by Gasteiger charge is -2.00. The maximum Gasteiger partial charge on any atom is 0.264 e. The Morgan fingerprint density at radius 3 is 1.71 bits per heavy atom. The van der Waals surface area contributed by atoms with Crippen molar-refractivity contribution in [2.75, 3.05) is 5.75 Å². The predicted molar refractivity (Wildman–Crippen MR) is 93.4 cm³/mol. The van der Waals surface area contributed by atoms with Crippen LogP contribution in [0.4, 0.5) is 0 Å². The van der Waals surface area contributed by atoms with Crippen LogP contribution in [0.1, 0.15) is 91.4 Å². The highest BCUT2D eigenvalue weighted by molar-refractivity contribution is 7.85. The van der Waals surface area contributed by atoms with E-state index in [1.54, 1.807) is 0 Å². The first kappa shape index (κ1) is 22.9. The molecule has 0 fully saturated rings. The number of allylic oxidation sites excluding steroid dienone is 2. The van der Waals surface area contributed by atoms with Crippen LogP contribution in [0.3, 0.4) is 0 Å². The van der Waals surface area contributed by atoms with Gasteiger partial charge in [0.1, 0.15) is 0 Å². The van der Waals surface area contributed by atoms with E-state index >= 15 is 0 Å². The molecule has 0 spiro atoms. The summed E-state index contributed by atoms with van der Waals surface area (Å²) < 4.78 is 29.2. The first-order chi connectivity index (χ1) is 9.97. The van der Waals surface area contributed by atoms with Gasteiger partial charge in [0.2, 0.25) is 0 Å². The van der Waals surface area contributed by atoms with E-state index in [1.807, 2.05) is 0 Å². The molecule has 21 heavy (non-hydrogen) atoms. The van der Waals surface area contributed by atoms with E-state index in [4.69, 9.17) is 4.55 Å². The zero-order valence-corrected chi connectivity index (χ0v) is 15.1. The van der Waals surface area contributed by atoms with Crippen molar-refractivity contribution >= 4 is 10.1 Å². The minimum absolute atomic E-state index is 0.0814. The Hall–Kier alpha value is -0.350. The molecule has 0 aromatic heterocycles. The van der Waals surface area contributed by atoms with Crippen molar-refractivity contribution in [1.82, 2.24) is 0 Å². The van der Waals surface area contributed by atoms with Gasteiger partial charge in [0.25, 0.3) is 10.1 Å². The van der Waals surface area contributed by atoms with Crippen LogP contribution in [-0.4, -0.2) is 18.7 Å². The van der Waals surface area contributed by atoms with E-state index in [9.17, 15) is 8.42 Å². The minimum Gasteiger partial charge on any atom is -0.286 e. The lowest BCUT2D eigenvalue weighted by molar-refractivity contribution is 0.478. The van der Waals surface area contributed by atoms with Crippen molar-refractivity contribution in [2.24, 2.45) is 0 Å². The molecule has 128 valence electrons. The second-order valence-electron chi connectivity index (χ2n) is 5.47. The van der Waals surface area contributed by atoms with Crippen LogP contribution in [0, 0.1) is 0 Å². The molecular formula is C17H36O3S. The van der Waals surface area contributed by atoms with Gasteiger partial charge in [-0.2, -0.15) is 8.42 Å². The summed E-state index contributed by atoms with van der Waals surface area (Å²) in [5.74, 6) is -0.0814. The minimum atomic E-state index is -3.73. The fourth-order valence-corrected chi connectivity index (χ4v) is 2.48. The normalized spacial score (nSPS) is 11.4. The second-order valence-corrected chi connectivity index (χ2v) is 7.04. The lowest BCUT2D eigenvalue weighted by Crippen LogP contribution is -2.03. The smallest absolute Gasteiger partial charge is 0.264 e. The summed E-state index contributed by atoms with van der Waals surface area (Å²) in [4.78, 5) is 0. The predicted octanol–water partition coefficient (Wildman–Crippen LogP) is 5.77. The van der Waals surface area contributed by atoms with Crippen molar-refractivity contribution in [3.05, 3.63) is 12.2 Å². The Morgan fingerprint density at radius 2 is 1.29 bits per heavy atom. The fourth-order valence-electron chi connectivity index (χ4n) is 1.91. The standard InChI is InChI=1S/C10H22O3S.C7H14/c1-2-3-4-5-6-7-8-9-10-14(11,12)13;1-3-5-7-6-4-2/h2-10H2,1H3,(H,11,12,13);3,5H,4,6-7H2,1-2H3. The van der Waals surface area contributed by atoms with Crippen LogP contribution in [0.2, 0.25) is 0 Å². The monoisotopic (exact) mass is 320 g/mol. The Morgan fingerprint density at radius 1 is 0.810 bits per heavy atom. The van der Waals surface area contributed by atoms with Gasteiger partial charge in [-0.25, -0.2) is 0 Å². The molecule has 0 aliphatic rings. The molecule has 0 radical (unpaired) electrons. The van der Waals surface area contributed by atoms with Gasteiger partial charge in [-0.05, 0) is 19.8 Å². The van der Waals surface area contributed by atoms with Crippen LogP contribution < -0.4 is 0 Å². The summed E-state index contributed by atoms with van der Waals surface area (Å²) in [5, 5.41) is 0. The van der Waals surface area contributed by atoms with Gasteiger partial charge < -0.3 is 0 Å². The summed E-state index contributed by atoms with van der Waals surface area (Å²) in [6.07, 6.45) is 17.1. The molecule has 0 bridgehead atoms. The highest BCUT2D eigenvalue weighted by Crippen LogP contribution is 2.08. The molecule has 0 aromatic carbocycles. The van der Waals surface area contributed by atoms with Crippen LogP contribution in [-0.2, 0) is 10.1 Å². The number of rotatable bonds is 12. The Bertz CT molecular complexity index is 308. The van der Waals surface area contributed by atoms with E-state index < -0.39 is 10.1 Å². The molecule has 0 saturated heterocycles. The van der Waals surface area contributed by atoms with Crippen LogP contribution >= 0.6 is 0 Å². The Kier molecular flexibility index (Phi) is 19.3. The molecule has 0 amide bonds. The van der Waals surface area contributed by atoms with Gasteiger partial charge in [0, 0.05) is 0 Å². The Balaban J connectivity index is 0. The zero-order chi connectivity index (χ0) is 16.4. The molecule has 0 unspecified atom stereocenters. The van der Waals surface area contributed by atoms with Gasteiger partial charge in [0.05, 0.1) is 5.75 Å². The van der Waals surface area contributed by atoms with E-state index in [-0.39, 0.29) is 5.75 Å². The third-order valence-corrected chi connectivity index (χ3v) is 4.02. The third kappa shape index (κ3) is 28.5. The van der Waals surface area contributed by atoms with Crippen molar-refractivity contribution in [3.8, 4) is 0 Å².